The van der Waals surface area contributed by atoms with Gasteiger partial charge in [-0.15, -0.1) is 0 Å². The van der Waals surface area contributed by atoms with E-state index >= 15 is 0 Å². The Morgan fingerprint density at radius 3 is 1.48 bits per heavy atom. The first-order valence-electron chi connectivity index (χ1n) is 9.77. The number of allylic oxidation sites excluding steroid dienone is 6. The predicted octanol–water partition coefficient (Wildman–Crippen LogP) is 6.04. The molecule has 29 heavy (non-hydrogen) atoms. The molecule has 0 bridgehead atoms. The topological polar surface area (TPSA) is 35.5 Å². The minimum atomic E-state index is 0.148. The van der Waals surface area contributed by atoms with Crippen molar-refractivity contribution in [2.75, 3.05) is 14.2 Å². The van der Waals surface area contributed by atoms with Gasteiger partial charge in [-0.25, -0.2) is 0 Å². The number of carbonyl (C=O) groups excluding carboxylic acids is 1. The van der Waals surface area contributed by atoms with E-state index in [-0.39, 0.29) is 5.78 Å². The summed E-state index contributed by atoms with van der Waals surface area (Å²) in [5.41, 5.74) is 3.88. The highest BCUT2D eigenvalue weighted by atomic mass is 16.5. The van der Waals surface area contributed by atoms with Crippen LogP contribution in [0.5, 0.6) is 11.5 Å². The lowest BCUT2D eigenvalue weighted by atomic mass is 9.88. The van der Waals surface area contributed by atoms with E-state index in [0.717, 1.165) is 53.0 Å². The Kier molecular flexibility index (Phi) is 7.23. The summed E-state index contributed by atoms with van der Waals surface area (Å²) in [6.45, 7) is 0. The SMILES string of the molecule is COc1ccc(/C=C/C=C2/CCC/C(=C/C=C/c3ccc(OC)cc3)C2=O)cc1. The molecule has 1 saturated carbocycles. The molecule has 0 saturated heterocycles. The van der Waals surface area contributed by atoms with E-state index in [1.165, 1.54) is 0 Å². The summed E-state index contributed by atoms with van der Waals surface area (Å²) in [5, 5.41) is 0. The average Bonchev–Trinajstić information content (AvgIpc) is 2.77. The van der Waals surface area contributed by atoms with E-state index in [1.54, 1.807) is 14.2 Å². The second kappa shape index (κ2) is 10.3. The predicted molar refractivity (Wildman–Crippen MR) is 119 cm³/mol. The fraction of sp³-hybridized carbons (Fsp3) is 0.192. The summed E-state index contributed by atoms with van der Waals surface area (Å²) in [7, 11) is 3.31. The molecule has 0 atom stereocenters. The summed E-state index contributed by atoms with van der Waals surface area (Å²) >= 11 is 0. The second-order valence-electron chi connectivity index (χ2n) is 6.83. The molecule has 0 N–H and O–H groups in total. The van der Waals surface area contributed by atoms with Gasteiger partial charge >= 0.3 is 0 Å². The van der Waals surface area contributed by atoms with E-state index < -0.39 is 0 Å². The largest absolute Gasteiger partial charge is 0.497 e. The Bertz CT molecular complexity index is 865. The van der Waals surface area contributed by atoms with E-state index in [9.17, 15) is 4.79 Å². The van der Waals surface area contributed by atoms with Gasteiger partial charge in [-0.3, -0.25) is 4.79 Å². The number of hydrogen-bond donors (Lipinski definition) is 0. The van der Waals surface area contributed by atoms with Crippen LogP contribution in [0.15, 0.2) is 84.0 Å². The van der Waals surface area contributed by atoms with Crippen molar-refractivity contribution in [1.82, 2.24) is 0 Å². The molecule has 0 aromatic heterocycles. The molecular formula is C26H26O3. The van der Waals surface area contributed by atoms with Crippen LogP contribution in [0, 0.1) is 0 Å². The highest BCUT2D eigenvalue weighted by Crippen LogP contribution is 2.25. The van der Waals surface area contributed by atoms with Crippen molar-refractivity contribution in [3.05, 3.63) is 95.1 Å². The third kappa shape index (κ3) is 5.82. The molecule has 0 amide bonds. The summed E-state index contributed by atoms with van der Waals surface area (Å²) in [4.78, 5) is 12.7. The van der Waals surface area contributed by atoms with Crippen LogP contribution in [0.1, 0.15) is 30.4 Å². The van der Waals surface area contributed by atoms with Crippen LogP contribution >= 0.6 is 0 Å². The monoisotopic (exact) mass is 386 g/mol. The molecule has 2 aromatic carbocycles. The van der Waals surface area contributed by atoms with Crippen LogP contribution in [0.3, 0.4) is 0 Å². The first-order valence-corrected chi connectivity index (χ1v) is 9.77. The van der Waals surface area contributed by atoms with Crippen molar-refractivity contribution in [3.63, 3.8) is 0 Å². The third-order valence-electron chi connectivity index (χ3n) is 4.88. The smallest absolute Gasteiger partial charge is 0.184 e. The molecule has 0 heterocycles. The van der Waals surface area contributed by atoms with Crippen molar-refractivity contribution in [2.45, 2.75) is 19.3 Å². The molecule has 1 aliphatic carbocycles. The normalized spacial score (nSPS) is 17.5. The van der Waals surface area contributed by atoms with Gasteiger partial charge in [-0.1, -0.05) is 60.7 Å². The lowest BCUT2D eigenvalue weighted by Gasteiger charge is -2.15. The summed E-state index contributed by atoms with van der Waals surface area (Å²) < 4.78 is 10.3. The van der Waals surface area contributed by atoms with E-state index in [4.69, 9.17) is 9.47 Å². The zero-order chi connectivity index (χ0) is 20.5. The van der Waals surface area contributed by atoms with Crippen molar-refractivity contribution >= 4 is 17.9 Å². The average molecular weight is 386 g/mol. The summed E-state index contributed by atoms with van der Waals surface area (Å²) in [5.74, 6) is 1.82. The van der Waals surface area contributed by atoms with Gasteiger partial charge in [-0.2, -0.15) is 0 Å². The summed E-state index contributed by atoms with van der Waals surface area (Å²) in [6, 6.07) is 15.7. The van der Waals surface area contributed by atoms with Crippen LogP contribution in [-0.4, -0.2) is 20.0 Å². The molecular weight excluding hydrogens is 360 g/mol. The lowest BCUT2D eigenvalue weighted by Crippen LogP contribution is -2.12. The van der Waals surface area contributed by atoms with Gasteiger partial charge in [-0.05, 0) is 65.8 Å². The maximum atomic E-state index is 12.7. The molecule has 0 spiro atoms. The number of ether oxygens (including phenoxy) is 2. The van der Waals surface area contributed by atoms with Crippen LogP contribution in [-0.2, 0) is 4.79 Å². The van der Waals surface area contributed by atoms with Gasteiger partial charge in [0.2, 0.25) is 0 Å². The Labute approximate surface area is 172 Å². The Balaban J connectivity index is 1.64. The zero-order valence-electron chi connectivity index (χ0n) is 16.9. The van der Waals surface area contributed by atoms with Crippen LogP contribution in [0.4, 0.5) is 0 Å². The third-order valence-corrected chi connectivity index (χ3v) is 4.88. The van der Waals surface area contributed by atoms with E-state index in [2.05, 4.69) is 0 Å². The van der Waals surface area contributed by atoms with Gasteiger partial charge in [0, 0.05) is 0 Å². The second-order valence-corrected chi connectivity index (χ2v) is 6.83. The molecule has 1 aliphatic rings. The van der Waals surface area contributed by atoms with Crippen LogP contribution in [0.2, 0.25) is 0 Å². The standard InChI is InChI=1S/C26H26O3/c1-28-24-16-12-20(13-17-24)6-3-8-22-10-5-11-23(26(22)27)9-4-7-21-14-18-25(29-2)19-15-21/h3-4,6-9,12-19H,5,10-11H2,1-2H3/b6-3+,7-4+,22-8-,23-9-. The maximum absolute atomic E-state index is 12.7. The molecule has 0 aliphatic heterocycles. The van der Waals surface area contributed by atoms with Crippen molar-refractivity contribution in [1.29, 1.82) is 0 Å². The number of carbonyl (C=O) groups is 1. The van der Waals surface area contributed by atoms with Gasteiger partial charge in [0.25, 0.3) is 0 Å². The molecule has 1 fully saturated rings. The molecule has 3 nitrogen and oxygen atoms in total. The van der Waals surface area contributed by atoms with Crippen LogP contribution in [0.25, 0.3) is 12.2 Å². The highest BCUT2D eigenvalue weighted by Gasteiger charge is 2.19. The number of methoxy groups -OCH3 is 2. The number of hydrogen-bond acceptors (Lipinski definition) is 3. The molecule has 3 rings (SSSR count). The number of benzene rings is 2. The maximum Gasteiger partial charge on any atom is 0.184 e. The Hall–Kier alpha value is -3.33. The van der Waals surface area contributed by atoms with Gasteiger partial charge in [0.15, 0.2) is 5.78 Å². The van der Waals surface area contributed by atoms with Crippen molar-refractivity contribution in [2.24, 2.45) is 0 Å². The minimum Gasteiger partial charge on any atom is -0.497 e. The molecule has 3 heteroatoms. The van der Waals surface area contributed by atoms with Crippen molar-refractivity contribution < 1.29 is 14.3 Å². The zero-order valence-corrected chi connectivity index (χ0v) is 16.9. The van der Waals surface area contributed by atoms with Gasteiger partial charge in [0.05, 0.1) is 14.2 Å². The summed E-state index contributed by atoms with van der Waals surface area (Å²) in [6.07, 6.45) is 14.4. The number of Topliss-reactive ketones (excluding diaryl/α,β-unsaturated/α-hetero) is 1. The van der Waals surface area contributed by atoms with Gasteiger partial charge in [0.1, 0.15) is 11.5 Å². The van der Waals surface area contributed by atoms with Crippen LogP contribution < -0.4 is 9.47 Å². The number of ketones is 1. The first kappa shape index (κ1) is 20.4. The Morgan fingerprint density at radius 2 is 1.10 bits per heavy atom. The quantitative estimate of drug-likeness (QED) is 0.568. The van der Waals surface area contributed by atoms with Gasteiger partial charge < -0.3 is 9.47 Å². The Morgan fingerprint density at radius 1 is 0.690 bits per heavy atom. The molecule has 0 unspecified atom stereocenters. The van der Waals surface area contributed by atoms with E-state index in [1.807, 2.05) is 85.0 Å². The number of rotatable bonds is 6. The molecule has 148 valence electrons. The first-order chi connectivity index (χ1) is 14.2. The lowest BCUT2D eigenvalue weighted by molar-refractivity contribution is -0.113. The van der Waals surface area contributed by atoms with Crippen molar-refractivity contribution in [3.8, 4) is 11.5 Å². The highest BCUT2D eigenvalue weighted by molar-refractivity contribution is 6.09. The van der Waals surface area contributed by atoms with E-state index in [0.29, 0.717) is 0 Å². The fourth-order valence-corrected chi connectivity index (χ4v) is 3.20. The molecule has 2 aromatic rings. The fourth-order valence-electron chi connectivity index (χ4n) is 3.20. The minimum absolute atomic E-state index is 0.148. The molecule has 0 radical (unpaired) electrons.